The number of aromatic nitrogens is 3. The molecule has 4 heterocycles. The Morgan fingerprint density at radius 1 is 0.373 bits per heavy atom. The molecule has 0 unspecified atom stereocenters. The van der Waals surface area contributed by atoms with E-state index in [1.165, 1.54) is 51.5 Å². The number of hydrogen-bond donors (Lipinski definition) is 0. The molecular weight excluding hydrogens is 663 g/mol. The van der Waals surface area contributed by atoms with Gasteiger partial charge in [-0.15, -0.1) is 22.7 Å². The van der Waals surface area contributed by atoms with E-state index in [-0.39, 0.29) is 0 Å². The molecule has 4 aromatic heterocycles. The van der Waals surface area contributed by atoms with Gasteiger partial charge < -0.3 is 4.42 Å². The molecule has 0 saturated heterocycles. The molecular formula is C45H25N3OS2. The minimum atomic E-state index is 0.583. The van der Waals surface area contributed by atoms with Gasteiger partial charge in [-0.05, 0) is 41.5 Å². The van der Waals surface area contributed by atoms with E-state index in [9.17, 15) is 0 Å². The fourth-order valence-electron chi connectivity index (χ4n) is 7.32. The highest BCUT2D eigenvalue weighted by atomic mass is 32.1. The number of fused-ring (bicyclic) bond motifs is 9. The number of furan rings is 1. The van der Waals surface area contributed by atoms with Gasteiger partial charge in [-0.2, -0.15) is 0 Å². The Balaban J connectivity index is 1.06. The van der Waals surface area contributed by atoms with E-state index in [0.29, 0.717) is 17.5 Å². The Labute approximate surface area is 299 Å². The van der Waals surface area contributed by atoms with Crippen LogP contribution in [0, 0.1) is 0 Å². The monoisotopic (exact) mass is 687 g/mol. The first-order valence-corrected chi connectivity index (χ1v) is 18.5. The molecule has 0 N–H and O–H groups in total. The lowest BCUT2D eigenvalue weighted by Gasteiger charge is -2.09. The molecule has 0 aliphatic carbocycles. The third kappa shape index (κ3) is 4.54. The fraction of sp³-hybridized carbons (Fsp3) is 0. The first-order chi connectivity index (χ1) is 25.2. The molecule has 0 fully saturated rings. The Kier molecular flexibility index (Phi) is 6.26. The number of benzene rings is 7. The summed E-state index contributed by atoms with van der Waals surface area (Å²) in [4.78, 5) is 15.2. The summed E-state index contributed by atoms with van der Waals surface area (Å²) in [5.74, 6) is 1.84. The standard InChI is InChI=1S/C45H25N3OS2/c1-2-10-26(11-3-1)43-46-44(48-45(47-43)36-17-9-15-34-30-12-4-6-18-37(30)49-41(34)36)28-21-23-33-32-22-20-27(24-39(32)50-40(33)25-28)29-14-8-16-35-31-13-5-7-19-38(31)51-42(29)35/h1-25H. The summed E-state index contributed by atoms with van der Waals surface area (Å²) in [6.45, 7) is 0. The number of thiophene rings is 2. The Morgan fingerprint density at radius 3 is 1.82 bits per heavy atom. The summed E-state index contributed by atoms with van der Waals surface area (Å²) in [6, 6.07) is 53.2. The molecule has 6 heteroatoms. The first kappa shape index (κ1) is 28.6. The summed E-state index contributed by atoms with van der Waals surface area (Å²) in [7, 11) is 0. The van der Waals surface area contributed by atoms with Crippen molar-refractivity contribution in [3.05, 3.63) is 152 Å². The van der Waals surface area contributed by atoms with Gasteiger partial charge in [-0.1, -0.05) is 121 Å². The third-order valence-electron chi connectivity index (χ3n) is 9.76. The normalized spacial score (nSPS) is 11.9. The second-order valence-corrected chi connectivity index (χ2v) is 14.9. The third-order valence-corrected chi connectivity index (χ3v) is 12.1. The number of nitrogens with zero attached hydrogens (tertiary/aromatic N) is 3. The van der Waals surface area contributed by atoms with E-state index in [4.69, 9.17) is 19.4 Å². The van der Waals surface area contributed by atoms with Crippen LogP contribution in [0.1, 0.15) is 0 Å². The number of para-hydroxylation sites is 2. The van der Waals surface area contributed by atoms with Crippen molar-refractivity contribution in [3.63, 3.8) is 0 Å². The van der Waals surface area contributed by atoms with Crippen LogP contribution in [0.15, 0.2) is 156 Å². The molecule has 11 aromatic rings. The van der Waals surface area contributed by atoms with E-state index in [2.05, 4.69) is 91.0 Å². The second-order valence-electron chi connectivity index (χ2n) is 12.8. The first-order valence-electron chi connectivity index (χ1n) is 16.8. The molecule has 4 nitrogen and oxygen atoms in total. The molecule has 0 spiro atoms. The zero-order chi connectivity index (χ0) is 33.5. The maximum absolute atomic E-state index is 6.40. The minimum absolute atomic E-state index is 0.583. The highest BCUT2D eigenvalue weighted by molar-refractivity contribution is 7.26. The quantitative estimate of drug-likeness (QED) is 0.185. The lowest BCUT2D eigenvalue weighted by molar-refractivity contribution is 0.669. The molecule has 0 aliphatic rings. The largest absolute Gasteiger partial charge is 0.455 e. The smallest absolute Gasteiger partial charge is 0.167 e. The van der Waals surface area contributed by atoms with Crippen molar-refractivity contribution in [3.8, 4) is 45.3 Å². The lowest BCUT2D eigenvalue weighted by Crippen LogP contribution is -2.00. The summed E-state index contributed by atoms with van der Waals surface area (Å²) in [6.07, 6.45) is 0. The van der Waals surface area contributed by atoms with Crippen molar-refractivity contribution < 1.29 is 4.42 Å². The van der Waals surface area contributed by atoms with Crippen LogP contribution >= 0.6 is 22.7 Å². The van der Waals surface area contributed by atoms with Crippen molar-refractivity contribution in [2.75, 3.05) is 0 Å². The SMILES string of the molecule is c1ccc(-c2nc(-c3ccc4c(c3)sc3cc(-c5cccc6c5sc5ccccc56)ccc34)nc(-c3cccc4c3oc3ccccc34)n2)cc1. The Morgan fingerprint density at radius 2 is 0.980 bits per heavy atom. The second kappa shape index (κ2) is 11.2. The van der Waals surface area contributed by atoms with Gasteiger partial charge in [-0.25, -0.2) is 15.0 Å². The Bertz CT molecular complexity index is 3160. The van der Waals surface area contributed by atoms with Crippen molar-refractivity contribution in [2.45, 2.75) is 0 Å². The maximum atomic E-state index is 6.40. The zero-order valence-electron chi connectivity index (χ0n) is 27.0. The van der Waals surface area contributed by atoms with Crippen LogP contribution < -0.4 is 0 Å². The Hall–Kier alpha value is -6.21. The van der Waals surface area contributed by atoms with Crippen LogP contribution in [0.3, 0.4) is 0 Å². The molecule has 0 atom stereocenters. The van der Waals surface area contributed by atoms with E-state index in [1.807, 2.05) is 83.3 Å². The highest BCUT2D eigenvalue weighted by Crippen LogP contribution is 2.43. The molecule has 238 valence electrons. The minimum Gasteiger partial charge on any atom is -0.455 e. The molecule has 0 bridgehead atoms. The van der Waals surface area contributed by atoms with Crippen LogP contribution in [0.5, 0.6) is 0 Å². The van der Waals surface area contributed by atoms with Crippen molar-refractivity contribution in [2.24, 2.45) is 0 Å². The van der Waals surface area contributed by atoms with Crippen LogP contribution in [0.25, 0.3) is 108 Å². The van der Waals surface area contributed by atoms with E-state index in [1.54, 1.807) is 0 Å². The van der Waals surface area contributed by atoms with Gasteiger partial charge in [0, 0.05) is 62.2 Å². The van der Waals surface area contributed by atoms with Gasteiger partial charge in [0.25, 0.3) is 0 Å². The van der Waals surface area contributed by atoms with Gasteiger partial charge in [0.2, 0.25) is 0 Å². The lowest BCUT2D eigenvalue weighted by atomic mass is 10.0. The number of rotatable bonds is 4. The van der Waals surface area contributed by atoms with E-state index in [0.717, 1.165) is 38.6 Å². The van der Waals surface area contributed by atoms with Crippen LogP contribution in [0.4, 0.5) is 0 Å². The van der Waals surface area contributed by atoms with Gasteiger partial charge in [-0.3, -0.25) is 0 Å². The summed E-state index contributed by atoms with van der Waals surface area (Å²) >= 11 is 3.68. The topological polar surface area (TPSA) is 51.8 Å². The van der Waals surface area contributed by atoms with Crippen molar-refractivity contribution >= 4 is 85.0 Å². The summed E-state index contributed by atoms with van der Waals surface area (Å²) < 4.78 is 11.5. The van der Waals surface area contributed by atoms with E-state index < -0.39 is 0 Å². The number of hydrogen-bond acceptors (Lipinski definition) is 6. The molecule has 7 aromatic carbocycles. The highest BCUT2D eigenvalue weighted by Gasteiger charge is 2.19. The fourth-order valence-corrected chi connectivity index (χ4v) is 9.75. The van der Waals surface area contributed by atoms with Crippen LogP contribution in [0.2, 0.25) is 0 Å². The summed E-state index contributed by atoms with van der Waals surface area (Å²) in [5.41, 5.74) is 6.85. The molecule has 11 rings (SSSR count). The molecule has 0 aliphatic heterocycles. The maximum Gasteiger partial charge on any atom is 0.167 e. The predicted molar refractivity (Wildman–Crippen MR) is 215 cm³/mol. The molecule has 0 radical (unpaired) electrons. The molecule has 0 amide bonds. The predicted octanol–water partition coefficient (Wildman–Crippen LogP) is 13.2. The van der Waals surface area contributed by atoms with Crippen LogP contribution in [-0.2, 0) is 0 Å². The van der Waals surface area contributed by atoms with Gasteiger partial charge in [0.1, 0.15) is 11.2 Å². The van der Waals surface area contributed by atoms with E-state index >= 15 is 0 Å². The molecule has 0 saturated carbocycles. The van der Waals surface area contributed by atoms with Crippen LogP contribution in [-0.4, -0.2) is 15.0 Å². The average molecular weight is 688 g/mol. The van der Waals surface area contributed by atoms with Crippen molar-refractivity contribution in [1.29, 1.82) is 0 Å². The molecule has 51 heavy (non-hydrogen) atoms. The average Bonchev–Trinajstić information content (AvgIpc) is 3.88. The zero-order valence-corrected chi connectivity index (χ0v) is 28.6. The van der Waals surface area contributed by atoms with Crippen molar-refractivity contribution in [1.82, 2.24) is 15.0 Å². The van der Waals surface area contributed by atoms with Gasteiger partial charge >= 0.3 is 0 Å². The van der Waals surface area contributed by atoms with Gasteiger partial charge in [0.05, 0.1) is 5.56 Å². The van der Waals surface area contributed by atoms with Gasteiger partial charge in [0.15, 0.2) is 17.5 Å². The summed E-state index contributed by atoms with van der Waals surface area (Å²) in [5, 5.41) is 7.24.